The predicted molar refractivity (Wildman–Crippen MR) is 140 cm³/mol. The summed E-state index contributed by atoms with van der Waals surface area (Å²) in [6, 6.07) is 6.47. The molecule has 1 aromatic heterocycles. The van der Waals surface area contributed by atoms with Crippen LogP contribution in [0.5, 0.6) is 0 Å². The molecule has 4 rings (SSSR count). The third-order valence-corrected chi connectivity index (χ3v) is 7.88. The second-order valence-corrected chi connectivity index (χ2v) is 11.1. The zero-order valence-electron chi connectivity index (χ0n) is 23.4. The Morgan fingerprint density at radius 2 is 1.84 bits per heavy atom. The largest absolute Gasteiger partial charge is 0.406 e. The van der Waals surface area contributed by atoms with E-state index < -0.39 is 78.1 Å². The quantitative estimate of drug-likeness (QED) is 0.325. The number of urea groups is 1. The van der Waals surface area contributed by atoms with Gasteiger partial charge in [-0.15, -0.1) is 0 Å². The molecule has 0 bridgehead atoms. The van der Waals surface area contributed by atoms with Crippen LogP contribution in [0.4, 0.5) is 26.7 Å². The number of pyridine rings is 1. The first-order valence-electron chi connectivity index (χ1n) is 13.3. The topological polar surface area (TPSA) is 126 Å². The first-order chi connectivity index (χ1) is 20.1. The number of rotatable bonds is 10. The minimum absolute atomic E-state index is 0.00720. The molecule has 2 saturated heterocycles. The number of hydrogen-bond donors (Lipinski definition) is 1. The third-order valence-electron chi connectivity index (χ3n) is 7.88. The molecular weight excluding hydrogens is 581 g/mol. The summed E-state index contributed by atoms with van der Waals surface area (Å²) in [5.74, 6) is -5.66. The number of aromatic nitrogens is 1. The molecule has 15 heteroatoms. The van der Waals surface area contributed by atoms with Crippen molar-refractivity contribution < 1.29 is 45.9 Å². The smallest absolute Gasteiger partial charge is 0.376 e. The Hall–Kier alpha value is -4.14. The highest BCUT2D eigenvalue weighted by Gasteiger charge is 2.62. The van der Waals surface area contributed by atoms with E-state index in [1.165, 1.54) is 24.9 Å². The molecule has 0 aliphatic carbocycles. The normalized spacial score (nSPS) is 19.9. The summed E-state index contributed by atoms with van der Waals surface area (Å²) in [4.78, 5) is 59.6. The maximum Gasteiger partial charge on any atom is 0.406 e. The SMILES string of the molecule is CC(C)(C(N)=O)[C@H](COCc1ccc(F)cc1F)C(=O)N1CCN2C(=O)N(CC(F)(F)F)C(=O)[C@]2(Cc2ccccn2)C1. The van der Waals surface area contributed by atoms with Crippen LogP contribution in [0, 0.1) is 23.0 Å². The van der Waals surface area contributed by atoms with Crippen molar-refractivity contribution in [2.45, 2.75) is 38.6 Å². The summed E-state index contributed by atoms with van der Waals surface area (Å²) in [5.41, 5.74) is 2.47. The fourth-order valence-electron chi connectivity index (χ4n) is 5.30. The van der Waals surface area contributed by atoms with Crippen LogP contribution in [-0.2, 0) is 32.1 Å². The van der Waals surface area contributed by atoms with Crippen molar-refractivity contribution in [1.29, 1.82) is 0 Å². The average Bonchev–Trinajstić information content (AvgIpc) is 3.12. The van der Waals surface area contributed by atoms with Crippen LogP contribution in [-0.4, -0.2) is 87.9 Å². The summed E-state index contributed by atoms with van der Waals surface area (Å²) in [5, 5.41) is 0. The lowest BCUT2D eigenvalue weighted by atomic mass is 9.77. The Morgan fingerprint density at radius 1 is 1.12 bits per heavy atom. The van der Waals surface area contributed by atoms with Crippen molar-refractivity contribution in [2.75, 3.05) is 32.8 Å². The van der Waals surface area contributed by atoms with Gasteiger partial charge in [0.2, 0.25) is 11.8 Å². The number of primary amides is 1. The van der Waals surface area contributed by atoms with Gasteiger partial charge >= 0.3 is 12.2 Å². The molecule has 2 aromatic rings. The van der Waals surface area contributed by atoms with Gasteiger partial charge in [-0.3, -0.25) is 24.3 Å². The second kappa shape index (κ2) is 11.9. The molecule has 232 valence electrons. The summed E-state index contributed by atoms with van der Waals surface area (Å²) in [7, 11) is 0. The van der Waals surface area contributed by atoms with Gasteiger partial charge in [0.1, 0.15) is 23.7 Å². The molecule has 2 fully saturated rings. The summed E-state index contributed by atoms with van der Waals surface area (Å²) in [6.45, 7) is -0.747. The van der Waals surface area contributed by atoms with Gasteiger partial charge in [-0.25, -0.2) is 13.6 Å². The van der Waals surface area contributed by atoms with Crippen molar-refractivity contribution >= 4 is 23.8 Å². The lowest BCUT2D eigenvalue weighted by molar-refractivity contribution is -0.159. The van der Waals surface area contributed by atoms with E-state index in [-0.39, 0.29) is 36.6 Å². The van der Waals surface area contributed by atoms with E-state index in [2.05, 4.69) is 4.98 Å². The second-order valence-electron chi connectivity index (χ2n) is 11.1. The Morgan fingerprint density at radius 3 is 2.44 bits per heavy atom. The molecular formula is C28H30F5N5O5. The number of imide groups is 1. The van der Waals surface area contributed by atoms with E-state index in [4.69, 9.17) is 10.5 Å². The highest BCUT2D eigenvalue weighted by atomic mass is 19.4. The van der Waals surface area contributed by atoms with Crippen LogP contribution in [0.15, 0.2) is 42.6 Å². The number of amides is 5. The molecule has 0 spiro atoms. The standard InChI is InChI=1S/C28H30F5N5O5/c1-26(2,23(34)40)20(14-43-13-17-6-7-18(29)11-21(17)30)22(39)36-9-10-38-25(42)37(16-28(31,32)33)24(41)27(38,15-36)12-19-5-3-4-8-35-19/h3-8,11,20H,9-10,12-16H2,1-2H3,(H2,34,40)/t20-,27+/m1/s1. The van der Waals surface area contributed by atoms with Crippen molar-refractivity contribution in [3.8, 4) is 0 Å². The van der Waals surface area contributed by atoms with E-state index in [0.29, 0.717) is 11.8 Å². The molecule has 2 aliphatic heterocycles. The Labute approximate surface area is 243 Å². The molecule has 0 radical (unpaired) electrons. The number of ether oxygens (including phenoxy) is 1. The third kappa shape index (κ3) is 6.45. The molecule has 0 unspecified atom stereocenters. The van der Waals surface area contributed by atoms with Crippen molar-refractivity contribution in [2.24, 2.45) is 17.1 Å². The molecule has 2 N–H and O–H groups in total. The molecule has 3 heterocycles. The molecule has 10 nitrogen and oxygen atoms in total. The molecule has 1 aromatic carbocycles. The zero-order chi connectivity index (χ0) is 31.7. The van der Waals surface area contributed by atoms with E-state index in [0.717, 1.165) is 17.0 Å². The van der Waals surface area contributed by atoms with E-state index in [1.54, 1.807) is 18.2 Å². The van der Waals surface area contributed by atoms with Crippen LogP contribution in [0.1, 0.15) is 25.1 Å². The maximum absolute atomic E-state index is 14.1. The number of fused-ring (bicyclic) bond motifs is 1. The van der Waals surface area contributed by atoms with Gasteiger partial charge in [-0.05, 0) is 18.2 Å². The van der Waals surface area contributed by atoms with Gasteiger partial charge < -0.3 is 20.3 Å². The fourth-order valence-corrected chi connectivity index (χ4v) is 5.30. The number of carbonyl (C=O) groups is 4. The van der Waals surface area contributed by atoms with E-state index in [9.17, 15) is 41.1 Å². The minimum atomic E-state index is -4.86. The average molecular weight is 612 g/mol. The van der Waals surface area contributed by atoms with Gasteiger partial charge in [0.05, 0.1) is 31.1 Å². The predicted octanol–water partition coefficient (Wildman–Crippen LogP) is 2.65. The summed E-state index contributed by atoms with van der Waals surface area (Å²) >= 11 is 0. The van der Waals surface area contributed by atoms with Crippen LogP contribution in [0.3, 0.4) is 0 Å². The zero-order valence-corrected chi connectivity index (χ0v) is 23.4. The number of halogens is 5. The van der Waals surface area contributed by atoms with Crippen LogP contribution < -0.4 is 5.73 Å². The lowest BCUT2D eigenvalue weighted by Crippen LogP contribution is -2.66. The number of carbonyl (C=O) groups excluding carboxylic acids is 4. The summed E-state index contributed by atoms with van der Waals surface area (Å²) < 4.78 is 73.0. The molecule has 2 atom stereocenters. The number of alkyl halides is 3. The molecule has 0 saturated carbocycles. The first kappa shape index (κ1) is 31.8. The van der Waals surface area contributed by atoms with Gasteiger partial charge in [0.15, 0.2) is 0 Å². The van der Waals surface area contributed by atoms with Crippen LogP contribution in [0.25, 0.3) is 0 Å². The van der Waals surface area contributed by atoms with Gasteiger partial charge in [-0.2, -0.15) is 13.2 Å². The van der Waals surface area contributed by atoms with E-state index >= 15 is 0 Å². The van der Waals surface area contributed by atoms with Gasteiger partial charge in [0, 0.05) is 43.0 Å². The summed E-state index contributed by atoms with van der Waals surface area (Å²) in [6.07, 6.45) is -3.72. The van der Waals surface area contributed by atoms with Crippen LogP contribution in [0.2, 0.25) is 0 Å². The minimum Gasteiger partial charge on any atom is -0.376 e. The van der Waals surface area contributed by atoms with Gasteiger partial charge in [0.25, 0.3) is 5.91 Å². The highest BCUT2D eigenvalue weighted by molar-refractivity contribution is 6.08. The number of nitrogens with zero attached hydrogens (tertiary/aromatic N) is 4. The number of hydrogen-bond acceptors (Lipinski definition) is 6. The molecule has 43 heavy (non-hydrogen) atoms. The van der Waals surface area contributed by atoms with Gasteiger partial charge in [-0.1, -0.05) is 26.0 Å². The number of piperazine rings is 1. The lowest BCUT2D eigenvalue weighted by Gasteiger charge is -2.46. The van der Waals surface area contributed by atoms with Crippen LogP contribution >= 0.6 is 0 Å². The van der Waals surface area contributed by atoms with E-state index in [1.807, 2.05) is 0 Å². The van der Waals surface area contributed by atoms with Crippen molar-refractivity contribution in [3.05, 3.63) is 65.5 Å². The molecule has 2 aliphatic rings. The fraction of sp³-hybridized carbons (Fsp3) is 0.464. The highest BCUT2D eigenvalue weighted by Crippen LogP contribution is 2.38. The molecule has 5 amide bonds. The Balaban J connectivity index is 1.64. The Bertz CT molecular complexity index is 1410. The maximum atomic E-state index is 14.1. The number of nitrogens with two attached hydrogens (primary N) is 1. The van der Waals surface area contributed by atoms with Crippen molar-refractivity contribution in [3.63, 3.8) is 0 Å². The number of benzene rings is 1. The first-order valence-corrected chi connectivity index (χ1v) is 13.3. The van der Waals surface area contributed by atoms with Crippen molar-refractivity contribution in [1.82, 2.24) is 19.7 Å². The monoisotopic (exact) mass is 611 g/mol. The Kier molecular flexibility index (Phi) is 8.77.